The molecule has 2 N–H and O–H groups in total. The summed E-state index contributed by atoms with van der Waals surface area (Å²) in [5.41, 5.74) is 7.28. The molecule has 0 bridgehead atoms. The number of ether oxygens (including phenoxy) is 1. The van der Waals surface area contributed by atoms with Gasteiger partial charge in [0.25, 0.3) is 0 Å². The van der Waals surface area contributed by atoms with Crippen LogP contribution in [0.25, 0.3) is 0 Å². The third kappa shape index (κ3) is 2.97. The molecule has 0 aromatic heterocycles. The molecule has 2 nitrogen and oxygen atoms in total. The molecule has 18 heavy (non-hydrogen) atoms. The minimum atomic E-state index is -0.949. The molecular weight excluding hydrogens is 236 g/mol. The Kier molecular flexibility index (Phi) is 3.77. The number of benzene rings is 2. The van der Waals surface area contributed by atoms with E-state index in [1.165, 1.54) is 12.1 Å². The lowest BCUT2D eigenvalue weighted by atomic mass is 10.1. The number of hydrogen-bond donors (Lipinski definition) is 1. The largest absolute Gasteiger partial charge is 0.490 e. The van der Waals surface area contributed by atoms with Crippen LogP contribution >= 0.6 is 0 Å². The standard InChI is InChI=1S/C14H13F2NO/c15-12-2-1-3-13(14(12)16)18-9-8-10-4-6-11(17)7-5-10/h1-7H,8-9,17H2. The van der Waals surface area contributed by atoms with Crippen LogP contribution in [0, 0.1) is 11.6 Å². The maximum Gasteiger partial charge on any atom is 0.200 e. The van der Waals surface area contributed by atoms with Crippen LogP contribution in [0.2, 0.25) is 0 Å². The Labute approximate surface area is 104 Å². The smallest absolute Gasteiger partial charge is 0.200 e. The van der Waals surface area contributed by atoms with Crippen molar-refractivity contribution in [2.45, 2.75) is 6.42 Å². The van der Waals surface area contributed by atoms with E-state index in [1.54, 1.807) is 12.1 Å². The predicted molar refractivity (Wildman–Crippen MR) is 66.4 cm³/mol. The van der Waals surface area contributed by atoms with E-state index in [4.69, 9.17) is 10.5 Å². The second kappa shape index (κ2) is 5.49. The van der Waals surface area contributed by atoms with E-state index in [2.05, 4.69) is 0 Å². The summed E-state index contributed by atoms with van der Waals surface area (Å²) in [7, 11) is 0. The van der Waals surface area contributed by atoms with Crippen molar-refractivity contribution in [3.8, 4) is 5.75 Å². The molecule has 0 spiro atoms. The molecule has 0 unspecified atom stereocenters. The Balaban J connectivity index is 1.92. The van der Waals surface area contributed by atoms with Crippen molar-refractivity contribution in [3.63, 3.8) is 0 Å². The Morgan fingerprint density at radius 1 is 1.00 bits per heavy atom. The van der Waals surface area contributed by atoms with E-state index in [9.17, 15) is 8.78 Å². The molecule has 2 aromatic rings. The zero-order valence-corrected chi connectivity index (χ0v) is 9.70. The summed E-state index contributed by atoms with van der Waals surface area (Å²) in [6, 6.07) is 11.2. The molecule has 0 fully saturated rings. The lowest BCUT2D eigenvalue weighted by Gasteiger charge is -2.07. The minimum Gasteiger partial charge on any atom is -0.490 e. The number of rotatable bonds is 4. The monoisotopic (exact) mass is 249 g/mol. The van der Waals surface area contributed by atoms with Gasteiger partial charge >= 0.3 is 0 Å². The molecule has 0 radical (unpaired) electrons. The highest BCUT2D eigenvalue weighted by molar-refractivity contribution is 5.39. The predicted octanol–water partition coefficient (Wildman–Crippen LogP) is 3.17. The molecule has 2 aromatic carbocycles. The van der Waals surface area contributed by atoms with Gasteiger partial charge in [0.15, 0.2) is 11.6 Å². The van der Waals surface area contributed by atoms with E-state index in [-0.39, 0.29) is 12.4 Å². The van der Waals surface area contributed by atoms with Crippen LogP contribution in [-0.2, 0) is 6.42 Å². The molecule has 0 saturated carbocycles. The van der Waals surface area contributed by atoms with Crippen LogP contribution in [0.1, 0.15) is 5.56 Å². The first-order valence-corrected chi connectivity index (χ1v) is 5.58. The summed E-state index contributed by atoms with van der Waals surface area (Å²) in [6.45, 7) is 0.282. The maximum atomic E-state index is 13.3. The van der Waals surface area contributed by atoms with Gasteiger partial charge in [-0.3, -0.25) is 0 Å². The number of nitrogens with two attached hydrogens (primary N) is 1. The number of hydrogen-bond acceptors (Lipinski definition) is 2. The van der Waals surface area contributed by atoms with Crippen molar-refractivity contribution in [3.05, 3.63) is 59.7 Å². The summed E-state index contributed by atoms with van der Waals surface area (Å²) in [6.07, 6.45) is 0.607. The van der Waals surface area contributed by atoms with Crippen molar-refractivity contribution in [1.29, 1.82) is 0 Å². The molecule has 0 aliphatic heterocycles. The van der Waals surface area contributed by atoms with E-state index in [0.717, 1.165) is 11.6 Å². The van der Waals surface area contributed by atoms with E-state index >= 15 is 0 Å². The SMILES string of the molecule is Nc1ccc(CCOc2cccc(F)c2F)cc1. The number of nitrogen functional groups attached to an aromatic ring is 1. The summed E-state index contributed by atoms with van der Waals surface area (Å²) in [5, 5.41) is 0. The third-order valence-electron chi connectivity index (χ3n) is 2.54. The fourth-order valence-corrected chi connectivity index (χ4v) is 1.56. The van der Waals surface area contributed by atoms with E-state index < -0.39 is 11.6 Å². The molecule has 0 amide bonds. The average Bonchev–Trinajstić information content (AvgIpc) is 2.37. The zero-order chi connectivity index (χ0) is 13.0. The van der Waals surface area contributed by atoms with Gasteiger partial charge in [-0.05, 0) is 29.8 Å². The van der Waals surface area contributed by atoms with Gasteiger partial charge in [0, 0.05) is 12.1 Å². The van der Waals surface area contributed by atoms with E-state index in [0.29, 0.717) is 12.1 Å². The van der Waals surface area contributed by atoms with Crippen LogP contribution in [-0.4, -0.2) is 6.61 Å². The number of halogens is 2. The van der Waals surface area contributed by atoms with Gasteiger partial charge in [0.2, 0.25) is 5.82 Å². The molecule has 4 heteroatoms. The molecule has 94 valence electrons. The van der Waals surface area contributed by atoms with Crippen LogP contribution in [0.3, 0.4) is 0 Å². The maximum absolute atomic E-state index is 13.3. The van der Waals surface area contributed by atoms with Crippen molar-refractivity contribution < 1.29 is 13.5 Å². The van der Waals surface area contributed by atoms with Crippen molar-refractivity contribution in [1.82, 2.24) is 0 Å². The normalized spacial score (nSPS) is 10.3. The Morgan fingerprint density at radius 3 is 2.44 bits per heavy atom. The zero-order valence-electron chi connectivity index (χ0n) is 9.70. The first kappa shape index (κ1) is 12.4. The highest BCUT2D eigenvalue weighted by atomic mass is 19.2. The third-order valence-corrected chi connectivity index (χ3v) is 2.54. The molecule has 0 atom stereocenters. The molecule has 0 heterocycles. The summed E-state index contributed by atoms with van der Waals surface area (Å²) < 4.78 is 31.4. The van der Waals surface area contributed by atoms with Crippen molar-refractivity contribution >= 4 is 5.69 Å². The first-order valence-electron chi connectivity index (χ1n) is 5.58. The van der Waals surface area contributed by atoms with E-state index in [1.807, 2.05) is 12.1 Å². The van der Waals surface area contributed by atoms with Gasteiger partial charge in [-0.2, -0.15) is 4.39 Å². The number of anilines is 1. The molecule has 0 aliphatic rings. The molecular formula is C14H13F2NO. The quantitative estimate of drug-likeness (QED) is 0.845. The summed E-state index contributed by atoms with van der Waals surface area (Å²) in [4.78, 5) is 0. The Hall–Kier alpha value is -2.10. The Bertz CT molecular complexity index is 526. The Morgan fingerprint density at radius 2 is 1.72 bits per heavy atom. The van der Waals surface area contributed by atoms with Gasteiger partial charge in [-0.1, -0.05) is 18.2 Å². The van der Waals surface area contributed by atoms with Gasteiger partial charge in [0.05, 0.1) is 6.61 Å². The summed E-state index contributed by atoms with van der Waals surface area (Å²) >= 11 is 0. The van der Waals surface area contributed by atoms with Gasteiger partial charge < -0.3 is 10.5 Å². The van der Waals surface area contributed by atoms with Crippen LogP contribution in [0.4, 0.5) is 14.5 Å². The molecule has 0 aliphatic carbocycles. The lowest BCUT2D eigenvalue weighted by Crippen LogP contribution is -2.03. The van der Waals surface area contributed by atoms with Gasteiger partial charge in [-0.25, -0.2) is 4.39 Å². The molecule has 0 saturated heterocycles. The summed E-state index contributed by atoms with van der Waals surface area (Å²) in [5.74, 6) is -1.92. The van der Waals surface area contributed by atoms with Crippen LogP contribution in [0.15, 0.2) is 42.5 Å². The topological polar surface area (TPSA) is 35.2 Å². The second-order valence-electron chi connectivity index (χ2n) is 3.89. The first-order chi connectivity index (χ1) is 8.66. The second-order valence-corrected chi connectivity index (χ2v) is 3.89. The average molecular weight is 249 g/mol. The highest BCUT2D eigenvalue weighted by Crippen LogP contribution is 2.19. The van der Waals surface area contributed by atoms with Crippen LogP contribution in [0.5, 0.6) is 5.75 Å². The van der Waals surface area contributed by atoms with Crippen molar-refractivity contribution in [2.24, 2.45) is 0 Å². The lowest BCUT2D eigenvalue weighted by molar-refractivity contribution is 0.299. The fourth-order valence-electron chi connectivity index (χ4n) is 1.56. The van der Waals surface area contributed by atoms with Crippen molar-refractivity contribution in [2.75, 3.05) is 12.3 Å². The van der Waals surface area contributed by atoms with Gasteiger partial charge in [-0.15, -0.1) is 0 Å². The molecule has 2 rings (SSSR count). The fraction of sp³-hybridized carbons (Fsp3) is 0.143. The van der Waals surface area contributed by atoms with Gasteiger partial charge in [0.1, 0.15) is 0 Å². The minimum absolute atomic E-state index is 0.0644. The van der Waals surface area contributed by atoms with Crippen LogP contribution < -0.4 is 10.5 Å². The highest BCUT2D eigenvalue weighted by Gasteiger charge is 2.08.